The van der Waals surface area contributed by atoms with E-state index in [4.69, 9.17) is 0 Å². The predicted octanol–water partition coefficient (Wildman–Crippen LogP) is 1.46. The third-order valence-electron chi connectivity index (χ3n) is 4.84. The standard InChI is InChI=1S/C18H24N4O2/c1-11-16(12(2)22-21-11)10-18(24)20-17(13-7-15(23)8-13)9-14-5-3-4-6-19-14/h3-6,13,15,17,23H,7-10H2,1-2H3,(H,20,24)(H,21,22). The maximum absolute atomic E-state index is 12.5. The quantitative estimate of drug-likeness (QED) is 0.749. The summed E-state index contributed by atoms with van der Waals surface area (Å²) in [5.41, 5.74) is 3.71. The molecule has 2 heterocycles. The summed E-state index contributed by atoms with van der Waals surface area (Å²) in [6.07, 6.45) is 4.01. The fraction of sp³-hybridized carbons (Fsp3) is 0.500. The van der Waals surface area contributed by atoms with E-state index in [2.05, 4.69) is 20.5 Å². The number of aliphatic hydroxyl groups excluding tert-OH is 1. The van der Waals surface area contributed by atoms with Crippen molar-refractivity contribution in [3.63, 3.8) is 0 Å². The van der Waals surface area contributed by atoms with Crippen LogP contribution in [-0.4, -0.2) is 38.3 Å². The normalized spacial score (nSPS) is 21.1. The summed E-state index contributed by atoms with van der Waals surface area (Å²) in [7, 11) is 0. The number of aryl methyl sites for hydroxylation is 2. The number of nitrogens with one attached hydrogen (secondary N) is 2. The lowest BCUT2D eigenvalue weighted by molar-refractivity contribution is -0.122. The summed E-state index contributed by atoms with van der Waals surface area (Å²) in [6, 6.07) is 5.81. The number of hydrogen-bond donors (Lipinski definition) is 3. The first-order valence-corrected chi connectivity index (χ1v) is 8.40. The minimum absolute atomic E-state index is 0.00307. The average Bonchev–Trinajstić information content (AvgIpc) is 2.84. The van der Waals surface area contributed by atoms with E-state index in [0.29, 0.717) is 18.8 Å². The summed E-state index contributed by atoms with van der Waals surface area (Å²) in [6.45, 7) is 3.83. The molecule has 1 fully saturated rings. The Hall–Kier alpha value is -2.21. The summed E-state index contributed by atoms with van der Waals surface area (Å²) in [4.78, 5) is 16.9. The third-order valence-corrected chi connectivity index (χ3v) is 4.84. The first-order chi connectivity index (χ1) is 11.5. The summed E-state index contributed by atoms with van der Waals surface area (Å²) >= 11 is 0. The maximum Gasteiger partial charge on any atom is 0.224 e. The molecule has 0 saturated heterocycles. The second-order valence-electron chi connectivity index (χ2n) is 6.67. The smallest absolute Gasteiger partial charge is 0.224 e. The number of amides is 1. The van der Waals surface area contributed by atoms with Crippen LogP contribution in [0.2, 0.25) is 0 Å². The van der Waals surface area contributed by atoms with Crippen molar-refractivity contribution in [2.75, 3.05) is 0 Å². The molecule has 1 unspecified atom stereocenters. The summed E-state index contributed by atoms with van der Waals surface area (Å²) < 4.78 is 0. The van der Waals surface area contributed by atoms with Gasteiger partial charge in [0.15, 0.2) is 0 Å². The van der Waals surface area contributed by atoms with Crippen LogP contribution in [0.4, 0.5) is 0 Å². The van der Waals surface area contributed by atoms with Gasteiger partial charge in [0.1, 0.15) is 0 Å². The molecule has 0 bridgehead atoms. The van der Waals surface area contributed by atoms with Crippen LogP contribution in [0, 0.1) is 19.8 Å². The van der Waals surface area contributed by atoms with Crippen LogP contribution in [0.25, 0.3) is 0 Å². The Morgan fingerprint density at radius 2 is 2.21 bits per heavy atom. The molecule has 2 aromatic heterocycles. The fourth-order valence-corrected chi connectivity index (χ4v) is 3.29. The van der Waals surface area contributed by atoms with Crippen molar-refractivity contribution in [1.82, 2.24) is 20.5 Å². The zero-order valence-electron chi connectivity index (χ0n) is 14.1. The number of aromatic amines is 1. The first kappa shape index (κ1) is 16.6. The van der Waals surface area contributed by atoms with E-state index in [9.17, 15) is 9.90 Å². The van der Waals surface area contributed by atoms with Gasteiger partial charge in [0.25, 0.3) is 0 Å². The van der Waals surface area contributed by atoms with Crippen LogP contribution >= 0.6 is 0 Å². The lowest BCUT2D eigenvalue weighted by Crippen LogP contribution is -2.48. The number of nitrogens with zero attached hydrogens (tertiary/aromatic N) is 2. The molecule has 0 aromatic carbocycles. The van der Waals surface area contributed by atoms with Crippen molar-refractivity contribution < 1.29 is 9.90 Å². The number of aliphatic hydroxyl groups is 1. The number of rotatable bonds is 6. The Morgan fingerprint density at radius 3 is 2.79 bits per heavy atom. The molecule has 2 aromatic rings. The minimum Gasteiger partial charge on any atom is -0.393 e. The van der Waals surface area contributed by atoms with E-state index in [1.165, 1.54) is 0 Å². The van der Waals surface area contributed by atoms with Gasteiger partial charge in [-0.15, -0.1) is 0 Å². The summed E-state index contributed by atoms with van der Waals surface area (Å²) in [5.74, 6) is 0.294. The number of aromatic nitrogens is 3. The number of carbonyl (C=O) groups is 1. The fourth-order valence-electron chi connectivity index (χ4n) is 3.29. The van der Waals surface area contributed by atoms with Gasteiger partial charge in [-0.3, -0.25) is 14.9 Å². The second kappa shape index (κ2) is 7.13. The van der Waals surface area contributed by atoms with Crippen LogP contribution in [-0.2, 0) is 17.6 Å². The van der Waals surface area contributed by atoms with Gasteiger partial charge in [0.2, 0.25) is 5.91 Å². The van der Waals surface area contributed by atoms with Crippen molar-refractivity contribution in [1.29, 1.82) is 0 Å². The van der Waals surface area contributed by atoms with Gasteiger partial charge in [-0.25, -0.2) is 0 Å². The molecule has 6 heteroatoms. The highest BCUT2D eigenvalue weighted by molar-refractivity contribution is 5.79. The van der Waals surface area contributed by atoms with Crippen LogP contribution in [0.3, 0.4) is 0 Å². The lowest BCUT2D eigenvalue weighted by atomic mass is 9.76. The second-order valence-corrected chi connectivity index (χ2v) is 6.67. The molecular formula is C18H24N4O2. The topological polar surface area (TPSA) is 90.9 Å². The van der Waals surface area contributed by atoms with E-state index in [1.54, 1.807) is 6.20 Å². The first-order valence-electron chi connectivity index (χ1n) is 8.40. The number of carbonyl (C=O) groups excluding carboxylic acids is 1. The Bertz CT molecular complexity index is 673. The van der Waals surface area contributed by atoms with Crippen LogP contribution in [0.5, 0.6) is 0 Å². The molecule has 3 rings (SSSR count). The van der Waals surface area contributed by atoms with Gasteiger partial charge in [0, 0.05) is 35.6 Å². The van der Waals surface area contributed by atoms with Gasteiger partial charge >= 0.3 is 0 Å². The van der Waals surface area contributed by atoms with Crippen molar-refractivity contribution >= 4 is 5.91 Å². The van der Waals surface area contributed by atoms with Gasteiger partial charge in [-0.05, 0) is 44.7 Å². The van der Waals surface area contributed by atoms with Crippen molar-refractivity contribution in [2.45, 2.75) is 51.7 Å². The van der Waals surface area contributed by atoms with Gasteiger partial charge in [-0.1, -0.05) is 6.07 Å². The molecule has 0 radical (unpaired) electrons. The van der Waals surface area contributed by atoms with E-state index >= 15 is 0 Å². The third kappa shape index (κ3) is 3.82. The maximum atomic E-state index is 12.5. The molecule has 1 aliphatic rings. The van der Waals surface area contributed by atoms with Crippen LogP contribution < -0.4 is 5.32 Å². The van der Waals surface area contributed by atoms with Gasteiger partial charge in [0.05, 0.1) is 18.2 Å². The Morgan fingerprint density at radius 1 is 1.42 bits per heavy atom. The summed E-state index contributed by atoms with van der Waals surface area (Å²) in [5, 5.41) is 19.8. The van der Waals surface area contributed by atoms with E-state index < -0.39 is 0 Å². The number of hydrogen-bond acceptors (Lipinski definition) is 4. The Balaban J connectivity index is 1.66. The Kier molecular flexibility index (Phi) is 4.94. The highest BCUT2D eigenvalue weighted by Crippen LogP contribution is 2.31. The van der Waals surface area contributed by atoms with Crippen LogP contribution in [0.1, 0.15) is 35.5 Å². The van der Waals surface area contributed by atoms with E-state index in [-0.39, 0.29) is 18.1 Å². The van der Waals surface area contributed by atoms with Crippen molar-refractivity contribution in [2.24, 2.45) is 5.92 Å². The zero-order valence-corrected chi connectivity index (χ0v) is 14.1. The zero-order chi connectivity index (χ0) is 17.1. The molecule has 128 valence electrons. The molecule has 1 saturated carbocycles. The molecule has 0 spiro atoms. The van der Waals surface area contributed by atoms with Crippen LogP contribution in [0.15, 0.2) is 24.4 Å². The molecular weight excluding hydrogens is 304 g/mol. The number of H-pyrrole nitrogens is 1. The molecule has 1 aliphatic carbocycles. The monoisotopic (exact) mass is 328 g/mol. The van der Waals surface area contributed by atoms with Gasteiger partial charge < -0.3 is 10.4 Å². The highest BCUT2D eigenvalue weighted by Gasteiger charge is 2.35. The SMILES string of the molecule is Cc1n[nH]c(C)c1CC(=O)NC(Cc1ccccn1)C1CC(O)C1. The molecule has 3 N–H and O–H groups in total. The average molecular weight is 328 g/mol. The molecule has 6 nitrogen and oxygen atoms in total. The Labute approximate surface area is 141 Å². The largest absolute Gasteiger partial charge is 0.393 e. The number of pyridine rings is 1. The molecule has 0 aliphatic heterocycles. The van der Waals surface area contributed by atoms with Gasteiger partial charge in [-0.2, -0.15) is 5.10 Å². The van der Waals surface area contributed by atoms with E-state index in [0.717, 1.165) is 35.5 Å². The molecule has 1 amide bonds. The molecule has 24 heavy (non-hydrogen) atoms. The highest BCUT2D eigenvalue weighted by atomic mass is 16.3. The predicted molar refractivity (Wildman–Crippen MR) is 90.4 cm³/mol. The van der Waals surface area contributed by atoms with Crippen molar-refractivity contribution in [3.05, 3.63) is 47.0 Å². The molecule has 1 atom stereocenters. The van der Waals surface area contributed by atoms with Crippen molar-refractivity contribution in [3.8, 4) is 0 Å². The minimum atomic E-state index is -0.239. The lowest BCUT2D eigenvalue weighted by Gasteiger charge is -2.38. The van der Waals surface area contributed by atoms with E-state index in [1.807, 2.05) is 32.0 Å².